The highest BCUT2D eigenvalue weighted by Gasteiger charge is 2.10. The Balaban J connectivity index is 1.66. The first-order valence-corrected chi connectivity index (χ1v) is 7.45. The first kappa shape index (κ1) is 14.7. The van der Waals surface area contributed by atoms with Crippen molar-refractivity contribution in [3.8, 4) is 5.88 Å². The van der Waals surface area contributed by atoms with Gasteiger partial charge in [-0.2, -0.15) is 0 Å². The Morgan fingerprint density at radius 1 is 1.36 bits per heavy atom. The Labute approximate surface area is 133 Å². The molecule has 0 saturated heterocycles. The average Bonchev–Trinajstić information content (AvgIpc) is 2.97. The van der Waals surface area contributed by atoms with E-state index < -0.39 is 11.7 Å². The van der Waals surface area contributed by atoms with Crippen molar-refractivity contribution in [1.82, 2.24) is 9.97 Å². The number of benzene rings is 1. The molecule has 3 rings (SSSR count). The van der Waals surface area contributed by atoms with Gasteiger partial charge >= 0.3 is 0 Å². The second-order valence-corrected chi connectivity index (χ2v) is 5.58. The molecule has 2 heterocycles. The van der Waals surface area contributed by atoms with E-state index in [1.165, 1.54) is 29.8 Å². The minimum Gasteiger partial charge on any atom is -0.467 e. The molecule has 0 spiro atoms. The van der Waals surface area contributed by atoms with Crippen molar-refractivity contribution in [2.45, 2.75) is 0 Å². The largest absolute Gasteiger partial charge is 0.467 e. The van der Waals surface area contributed by atoms with Gasteiger partial charge < -0.3 is 10.1 Å². The molecule has 0 fully saturated rings. The summed E-state index contributed by atoms with van der Waals surface area (Å²) in [4.78, 5) is 20.7. The lowest BCUT2D eigenvalue weighted by atomic mass is 10.3. The number of hydrogen-bond acceptors (Lipinski definition) is 5. The molecule has 22 heavy (non-hydrogen) atoms. The summed E-state index contributed by atoms with van der Waals surface area (Å²) in [6.07, 6.45) is 1.38. The summed E-state index contributed by atoms with van der Waals surface area (Å²) < 4.78 is 18.3. The number of anilines is 1. The van der Waals surface area contributed by atoms with Gasteiger partial charge in [-0.25, -0.2) is 14.4 Å². The van der Waals surface area contributed by atoms with Crippen LogP contribution < -0.4 is 10.1 Å². The van der Waals surface area contributed by atoms with Crippen molar-refractivity contribution >= 4 is 44.7 Å². The number of carbonyl (C=O) groups excluding carboxylic acids is 1. The molecule has 2 aromatic heterocycles. The lowest BCUT2D eigenvalue weighted by Gasteiger charge is -2.08. The van der Waals surface area contributed by atoms with Gasteiger partial charge in [-0.1, -0.05) is 11.6 Å². The number of amides is 1. The van der Waals surface area contributed by atoms with Crippen LogP contribution in [0.2, 0.25) is 5.02 Å². The summed E-state index contributed by atoms with van der Waals surface area (Å²) in [7, 11) is 0. The highest BCUT2D eigenvalue weighted by atomic mass is 35.5. The lowest BCUT2D eigenvalue weighted by molar-refractivity contribution is -0.118. The summed E-state index contributed by atoms with van der Waals surface area (Å²) in [6, 6.07) is 5.54. The van der Waals surface area contributed by atoms with Gasteiger partial charge in [0.05, 0.1) is 16.1 Å². The standard InChI is InChI=1S/C14H9ClFN3O2S/c15-10-5-8(16)1-2-11(10)19-12(20)6-21-13-9-3-4-22-14(9)18-7-17-13/h1-5,7H,6H2,(H,19,20). The van der Waals surface area contributed by atoms with E-state index in [1.54, 1.807) is 0 Å². The summed E-state index contributed by atoms with van der Waals surface area (Å²) in [6.45, 7) is -0.240. The number of thiophene rings is 1. The number of hydrogen-bond donors (Lipinski definition) is 1. The summed E-state index contributed by atoms with van der Waals surface area (Å²) in [5, 5.41) is 5.28. The van der Waals surface area contributed by atoms with Gasteiger partial charge in [0, 0.05) is 0 Å². The summed E-state index contributed by atoms with van der Waals surface area (Å²) in [5.41, 5.74) is 0.319. The zero-order valence-corrected chi connectivity index (χ0v) is 12.6. The van der Waals surface area contributed by atoms with E-state index >= 15 is 0 Å². The predicted molar refractivity (Wildman–Crippen MR) is 82.9 cm³/mol. The third kappa shape index (κ3) is 3.15. The van der Waals surface area contributed by atoms with E-state index in [0.717, 1.165) is 16.3 Å². The van der Waals surface area contributed by atoms with Crippen molar-refractivity contribution in [1.29, 1.82) is 0 Å². The van der Waals surface area contributed by atoms with Crippen LogP contribution in [0.5, 0.6) is 5.88 Å². The monoisotopic (exact) mass is 337 g/mol. The first-order valence-electron chi connectivity index (χ1n) is 6.19. The third-order valence-electron chi connectivity index (χ3n) is 2.77. The second-order valence-electron chi connectivity index (χ2n) is 4.28. The highest BCUT2D eigenvalue weighted by Crippen LogP contribution is 2.25. The molecule has 0 radical (unpaired) electrons. The van der Waals surface area contributed by atoms with Crippen LogP contribution in [0.25, 0.3) is 10.2 Å². The van der Waals surface area contributed by atoms with E-state index in [-0.39, 0.29) is 11.6 Å². The number of ether oxygens (including phenoxy) is 1. The SMILES string of the molecule is O=C(COc1ncnc2sccc12)Nc1ccc(F)cc1Cl. The fourth-order valence-corrected chi connectivity index (χ4v) is 2.73. The minimum absolute atomic E-state index is 0.121. The van der Waals surface area contributed by atoms with Crippen LogP contribution in [0.1, 0.15) is 0 Å². The number of nitrogens with zero attached hydrogens (tertiary/aromatic N) is 2. The van der Waals surface area contributed by atoms with Crippen LogP contribution in [0, 0.1) is 5.82 Å². The zero-order valence-electron chi connectivity index (χ0n) is 11.0. The normalized spacial score (nSPS) is 10.6. The van der Waals surface area contributed by atoms with E-state index in [9.17, 15) is 9.18 Å². The van der Waals surface area contributed by atoms with Crippen molar-refractivity contribution in [3.05, 3.63) is 46.8 Å². The van der Waals surface area contributed by atoms with Crippen LogP contribution in [-0.4, -0.2) is 22.5 Å². The second kappa shape index (κ2) is 6.25. The molecule has 3 aromatic rings. The molecule has 5 nitrogen and oxygen atoms in total. The van der Waals surface area contributed by atoms with Gasteiger partial charge in [0.15, 0.2) is 6.61 Å². The number of fused-ring (bicyclic) bond motifs is 1. The fraction of sp³-hybridized carbons (Fsp3) is 0.0714. The summed E-state index contributed by atoms with van der Waals surface area (Å²) >= 11 is 7.30. The predicted octanol–water partition coefficient (Wildman–Crippen LogP) is 3.50. The lowest BCUT2D eigenvalue weighted by Crippen LogP contribution is -2.20. The minimum atomic E-state index is -0.472. The molecular formula is C14H9ClFN3O2S. The number of rotatable bonds is 4. The molecule has 0 aliphatic carbocycles. The molecular weight excluding hydrogens is 329 g/mol. The maximum atomic E-state index is 12.9. The third-order valence-corrected chi connectivity index (χ3v) is 3.90. The molecule has 112 valence electrons. The molecule has 0 saturated carbocycles. The van der Waals surface area contributed by atoms with E-state index in [4.69, 9.17) is 16.3 Å². The zero-order chi connectivity index (χ0) is 15.5. The molecule has 0 atom stereocenters. The Morgan fingerprint density at radius 3 is 3.05 bits per heavy atom. The topological polar surface area (TPSA) is 64.1 Å². The van der Waals surface area contributed by atoms with Crippen molar-refractivity contribution < 1.29 is 13.9 Å². The molecule has 1 aromatic carbocycles. The maximum absolute atomic E-state index is 12.9. The number of nitrogens with one attached hydrogen (secondary N) is 1. The smallest absolute Gasteiger partial charge is 0.262 e. The Bertz CT molecular complexity index is 840. The molecule has 8 heteroatoms. The summed E-state index contributed by atoms with van der Waals surface area (Å²) in [5.74, 6) is -0.554. The Hall–Kier alpha value is -2.25. The molecule has 0 aliphatic rings. The van der Waals surface area contributed by atoms with Gasteiger partial charge in [0.25, 0.3) is 5.91 Å². The first-order chi connectivity index (χ1) is 10.6. The van der Waals surface area contributed by atoms with E-state index in [1.807, 2.05) is 11.4 Å². The molecule has 1 N–H and O–H groups in total. The van der Waals surface area contributed by atoms with Gasteiger partial charge in [-0.15, -0.1) is 11.3 Å². The quantitative estimate of drug-likeness (QED) is 0.791. The molecule has 0 aliphatic heterocycles. The Morgan fingerprint density at radius 2 is 2.23 bits per heavy atom. The molecule has 0 unspecified atom stereocenters. The van der Waals surface area contributed by atoms with Crippen LogP contribution in [0.4, 0.5) is 10.1 Å². The van der Waals surface area contributed by atoms with Crippen LogP contribution in [-0.2, 0) is 4.79 Å². The van der Waals surface area contributed by atoms with Gasteiger partial charge in [-0.3, -0.25) is 4.79 Å². The number of halogens is 2. The maximum Gasteiger partial charge on any atom is 0.262 e. The van der Waals surface area contributed by atoms with Crippen LogP contribution >= 0.6 is 22.9 Å². The Kier molecular flexibility index (Phi) is 4.17. The van der Waals surface area contributed by atoms with Gasteiger partial charge in [0.2, 0.25) is 5.88 Å². The highest BCUT2D eigenvalue weighted by molar-refractivity contribution is 7.16. The molecule has 0 bridgehead atoms. The van der Waals surface area contributed by atoms with Crippen LogP contribution in [0.3, 0.4) is 0 Å². The molecule has 1 amide bonds. The fourth-order valence-electron chi connectivity index (χ4n) is 1.79. The average molecular weight is 338 g/mol. The van der Waals surface area contributed by atoms with Crippen molar-refractivity contribution in [3.63, 3.8) is 0 Å². The van der Waals surface area contributed by atoms with Crippen molar-refractivity contribution in [2.24, 2.45) is 0 Å². The van der Waals surface area contributed by atoms with Crippen molar-refractivity contribution in [2.75, 3.05) is 11.9 Å². The van der Waals surface area contributed by atoms with E-state index in [2.05, 4.69) is 15.3 Å². The van der Waals surface area contributed by atoms with Crippen LogP contribution in [0.15, 0.2) is 36.0 Å². The van der Waals surface area contributed by atoms with E-state index in [0.29, 0.717) is 11.6 Å². The number of carbonyl (C=O) groups is 1. The van der Waals surface area contributed by atoms with Gasteiger partial charge in [-0.05, 0) is 29.6 Å². The van der Waals surface area contributed by atoms with Gasteiger partial charge in [0.1, 0.15) is 17.0 Å². The number of aromatic nitrogens is 2.